The van der Waals surface area contributed by atoms with Gasteiger partial charge in [-0.3, -0.25) is 4.90 Å². The van der Waals surface area contributed by atoms with E-state index in [-0.39, 0.29) is 6.04 Å². The van der Waals surface area contributed by atoms with Crippen molar-refractivity contribution in [2.75, 3.05) is 13.1 Å². The molecule has 4 heteroatoms. The van der Waals surface area contributed by atoms with Crippen molar-refractivity contribution in [2.24, 2.45) is 11.7 Å². The van der Waals surface area contributed by atoms with Crippen molar-refractivity contribution in [1.82, 2.24) is 4.90 Å². The number of benzene rings is 1. The van der Waals surface area contributed by atoms with Crippen LogP contribution in [0.4, 0.5) is 8.78 Å². The minimum absolute atomic E-state index is 0.0365. The Balaban J connectivity index is 2.26. The molecule has 1 atom stereocenters. The fourth-order valence-electron chi connectivity index (χ4n) is 3.37. The van der Waals surface area contributed by atoms with Gasteiger partial charge in [-0.05, 0) is 36.5 Å². The third-order valence-corrected chi connectivity index (χ3v) is 4.32. The maximum Gasteiger partial charge on any atom is 0.159 e. The molecule has 0 radical (unpaired) electrons. The van der Waals surface area contributed by atoms with Gasteiger partial charge < -0.3 is 5.73 Å². The van der Waals surface area contributed by atoms with Gasteiger partial charge in [-0.2, -0.15) is 0 Å². The lowest BCUT2D eigenvalue weighted by atomic mass is 10.00. The zero-order valence-electron chi connectivity index (χ0n) is 13.0. The van der Waals surface area contributed by atoms with Crippen LogP contribution in [0.2, 0.25) is 0 Å². The Hall–Kier alpha value is -1.00. The van der Waals surface area contributed by atoms with Crippen LogP contribution in [0.5, 0.6) is 0 Å². The third-order valence-electron chi connectivity index (χ3n) is 4.32. The summed E-state index contributed by atoms with van der Waals surface area (Å²) >= 11 is 0. The lowest BCUT2D eigenvalue weighted by Gasteiger charge is -2.37. The molecular formula is C17H26F2N2. The molecule has 0 aliphatic heterocycles. The Labute approximate surface area is 126 Å². The number of halogens is 2. The second kappa shape index (κ2) is 7.32. The van der Waals surface area contributed by atoms with E-state index < -0.39 is 11.6 Å². The summed E-state index contributed by atoms with van der Waals surface area (Å²) in [7, 11) is 0. The van der Waals surface area contributed by atoms with Gasteiger partial charge in [0.25, 0.3) is 0 Å². The summed E-state index contributed by atoms with van der Waals surface area (Å²) in [4.78, 5) is 2.41. The Morgan fingerprint density at radius 2 is 1.86 bits per heavy atom. The highest BCUT2D eigenvalue weighted by atomic mass is 19.2. The smallest absolute Gasteiger partial charge is 0.159 e. The summed E-state index contributed by atoms with van der Waals surface area (Å²) in [6, 6.07) is 4.64. The Kier molecular flexibility index (Phi) is 5.71. The van der Waals surface area contributed by atoms with Crippen LogP contribution in [0, 0.1) is 17.6 Å². The molecule has 1 saturated carbocycles. The van der Waals surface area contributed by atoms with Crippen molar-refractivity contribution in [2.45, 2.75) is 51.6 Å². The van der Waals surface area contributed by atoms with Crippen LogP contribution in [0.25, 0.3) is 0 Å². The van der Waals surface area contributed by atoms with Crippen LogP contribution < -0.4 is 5.73 Å². The van der Waals surface area contributed by atoms with Crippen LogP contribution in [-0.2, 0) is 0 Å². The molecule has 0 heterocycles. The molecule has 0 aromatic heterocycles. The van der Waals surface area contributed by atoms with Gasteiger partial charge in [0.05, 0.1) is 0 Å². The van der Waals surface area contributed by atoms with Crippen molar-refractivity contribution < 1.29 is 8.78 Å². The fraction of sp³-hybridized carbons (Fsp3) is 0.647. The Bertz CT molecular complexity index is 456. The molecule has 118 valence electrons. The molecule has 0 bridgehead atoms. The van der Waals surface area contributed by atoms with Crippen molar-refractivity contribution in [3.8, 4) is 0 Å². The van der Waals surface area contributed by atoms with Crippen LogP contribution in [0.3, 0.4) is 0 Å². The minimum atomic E-state index is -0.800. The molecule has 0 saturated heterocycles. The zero-order valence-corrected chi connectivity index (χ0v) is 13.0. The van der Waals surface area contributed by atoms with Crippen molar-refractivity contribution in [1.29, 1.82) is 0 Å². The van der Waals surface area contributed by atoms with E-state index in [1.807, 2.05) is 0 Å². The number of hydrogen-bond acceptors (Lipinski definition) is 2. The SMILES string of the molecule is CC(C)CN(C1CCCC1)C(CN)c1ccc(F)c(F)c1. The predicted molar refractivity (Wildman–Crippen MR) is 82.0 cm³/mol. The molecular weight excluding hydrogens is 270 g/mol. The standard InChI is InChI=1S/C17H26F2N2/c1-12(2)11-21(14-5-3-4-6-14)17(10-20)13-7-8-15(18)16(19)9-13/h7-9,12,14,17H,3-6,10-11,20H2,1-2H3. The van der Waals surface area contributed by atoms with Gasteiger partial charge in [0.1, 0.15) is 0 Å². The molecule has 1 aromatic carbocycles. The highest BCUT2D eigenvalue weighted by Gasteiger charge is 2.29. The molecule has 2 rings (SSSR count). The number of nitrogens with two attached hydrogens (primary N) is 1. The monoisotopic (exact) mass is 296 g/mol. The van der Waals surface area contributed by atoms with Gasteiger partial charge in [-0.15, -0.1) is 0 Å². The maximum absolute atomic E-state index is 13.5. The summed E-state index contributed by atoms with van der Waals surface area (Å²) < 4.78 is 26.7. The summed E-state index contributed by atoms with van der Waals surface area (Å²) in [5, 5.41) is 0. The zero-order chi connectivity index (χ0) is 15.4. The average molecular weight is 296 g/mol. The van der Waals surface area contributed by atoms with Gasteiger partial charge >= 0.3 is 0 Å². The average Bonchev–Trinajstić information content (AvgIpc) is 2.96. The van der Waals surface area contributed by atoms with Crippen LogP contribution >= 0.6 is 0 Å². The second-order valence-corrected chi connectivity index (χ2v) is 6.45. The van der Waals surface area contributed by atoms with E-state index in [9.17, 15) is 8.78 Å². The van der Waals surface area contributed by atoms with E-state index in [1.165, 1.54) is 37.8 Å². The first-order valence-electron chi connectivity index (χ1n) is 7.93. The number of rotatable bonds is 6. The van der Waals surface area contributed by atoms with E-state index in [0.29, 0.717) is 18.5 Å². The molecule has 0 spiro atoms. The van der Waals surface area contributed by atoms with Crippen LogP contribution in [0.1, 0.15) is 51.1 Å². The summed E-state index contributed by atoms with van der Waals surface area (Å²) in [6.07, 6.45) is 4.84. The first kappa shape index (κ1) is 16.4. The fourth-order valence-corrected chi connectivity index (χ4v) is 3.37. The number of nitrogens with zero attached hydrogens (tertiary/aromatic N) is 1. The molecule has 1 aliphatic rings. The van der Waals surface area contributed by atoms with E-state index in [2.05, 4.69) is 18.7 Å². The Morgan fingerprint density at radius 1 is 1.19 bits per heavy atom. The predicted octanol–water partition coefficient (Wildman–Crippen LogP) is 3.87. The normalized spacial score (nSPS) is 17.9. The highest BCUT2D eigenvalue weighted by molar-refractivity contribution is 5.22. The van der Waals surface area contributed by atoms with Crippen LogP contribution in [0.15, 0.2) is 18.2 Å². The first-order chi connectivity index (χ1) is 10.0. The van der Waals surface area contributed by atoms with Crippen molar-refractivity contribution in [3.05, 3.63) is 35.4 Å². The number of hydrogen-bond donors (Lipinski definition) is 1. The topological polar surface area (TPSA) is 29.3 Å². The largest absolute Gasteiger partial charge is 0.329 e. The molecule has 0 amide bonds. The lowest BCUT2D eigenvalue weighted by Crippen LogP contribution is -2.42. The molecule has 1 fully saturated rings. The second-order valence-electron chi connectivity index (χ2n) is 6.45. The maximum atomic E-state index is 13.5. The third kappa shape index (κ3) is 4.01. The lowest BCUT2D eigenvalue weighted by molar-refractivity contribution is 0.121. The van der Waals surface area contributed by atoms with E-state index >= 15 is 0 Å². The molecule has 2 nitrogen and oxygen atoms in total. The highest BCUT2D eigenvalue weighted by Crippen LogP contribution is 2.32. The van der Waals surface area contributed by atoms with Crippen molar-refractivity contribution >= 4 is 0 Å². The quantitative estimate of drug-likeness (QED) is 0.863. The van der Waals surface area contributed by atoms with Gasteiger partial charge in [0, 0.05) is 25.2 Å². The van der Waals surface area contributed by atoms with Gasteiger partial charge in [-0.1, -0.05) is 32.8 Å². The van der Waals surface area contributed by atoms with Crippen molar-refractivity contribution in [3.63, 3.8) is 0 Å². The summed E-state index contributed by atoms with van der Waals surface area (Å²) in [5.41, 5.74) is 6.76. The minimum Gasteiger partial charge on any atom is -0.329 e. The van der Waals surface area contributed by atoms with Crippen LogP contribution in [-0.4, -0.2) is 24.0 Å². The van der Waals surface area contributed by atoms with Gasteiger partial charge in [0.15, 0.2) is 11.6 Å². The molecule has 2 N–H and O–H groups in total. The Morgan fingerprint density at radius 3 is 2.38 bits per heavy atom. The van der Waals surface area contributed by atoms with E-state index in [4.69, 9.17) is 5.73 Å². The van der Waals surface area contributed by atoms with E-state index in [1.54, 1.807) is 6.07 Å². The molecule has 1 aromatic rings. The molecule has 1 aliphatic carbocycles. The molecule has 21 heavy (non-hydrogen) atoms. The summed E-state index contributed by atoms with van der Waals surface area (Å²) in [5.74, 6) is -1.07. The molecule has 1 unspecified atom stereocenters. The van der Waals surface area contributed by atoms with Gasteiger partial charge in [0.2, 0.25) is 0 Å². The summed E-state index contributed by atoms with van der Waals surface area (Å²) in [6.45, 7) is 5.72. The first-order valence-corrected chi connectivity index (χ1v) is 7.93. The van der Waals surface area contributed by atoms with Gasteiger partial charge in [-0.25, -0.2) is 8.78 Å². The van der Waals surface area contributed by atoms with E-state index in [0.717, 1.165) is 12.1 Å².